The molecule has 166 valence electrons. The van der Waals surface area contributed by atoms with Gasteiger partial charge >= 0.3 is 0 Å². The minimum absolute atomic E-state index is 0.0305. The number of benzene rings is 2. The summed E-state index contributed by atoms with van der Waals surface area (Å²) in [6, 6.07) is 15.1. The lowest BCUT2D eigenvalue weighted by atomic mass is 9.95. The zero-order chi connectivity index (χ0) is 22.9. The molecular weight excluding hydrogens is 488 g/mol. The number of pyridine rings is 1. The number of likely N-dealkylation sites (tertiary alicyclic amines) is 1. The Morgan fingerprint density at radius 3 is 2.55 bits per heavy atom. The first-order chi connectivity index (χ1) is 16.0. The van der Waals surface area contributed by atoms with E-state index < -0.39 is 17.7 Å². The van der Waals surface area contributed by atoms with Gasteiger partial charge < -0.3 is 19.5 Å². The summed E-state index contributed by atoms with van der Waals surface area (Å²) in [4.78, 5) is 31.8. The van der Waals surface area contributed by atoms with Crippen LogP contribution in [-0.4, -0.2) is 39.9 Å². The van der Waals surface area contributed by atoms with E-state index in [0.717, 1.165) is 10.0 Å². The molecule has 1 N–H and O–H groups in total. The van der Waals surface area contributed by atoms with Crippen molar-refractivity contribution in [1.82, 2.24) is 9.88 Å². The molecule has 2 aromatic carbocycles. The number of halogens is 1. The van der Waals surface area contributed by atoms with Crippen molar-refractivity contribution in [2.24, 2.45) is 0 Å². The molecule has 3 heterocycles. The number of aromatic nitrogens is 1. The Morgan fingerprint density at radius 2 is 1.82 bits per heavy atom. The maximum absolute atomic E-state index is 13.2. The first-order valence-corrected chi connectivity index (χ1v) is 11.1. The number of carbonyl (C=O) groups is 2. The van der Waals surface area contributed by atoms with Crippen LogP contribution in [0.1, 0.15) is 22.7 Å². The Labute approximate surface area is 198 Å². The van der Waals surface area contributed by atoms with Crippen LogP contribution >= 0.6 is 15.9 Å². The largest absolute Gasteiger partial charge is 0.507 e. The Bertz CT molecular complexity index is 1260. The molecule has 0 spiro atoms. The van der Waals surface area contributed by atoms with Crippen molar-refractivity contribution in [3.05, 3.63) is 93.7 Å². The van der Waals surface area contributed by atoms with E-state index in [2.05, 4.69) is 20.9 Å². The third-order valence-electron chi connectivity index (χ3n) is 5.62. The predicted molar refractivity (Wildman–Crippen MR) is 124 cm³/mol. The molecule has 3 aromatic rings. The second-order valence-corrected chi connectivity index (χ2v) is 8.61. The molecule has 2 aliphatic heterocycles. The lowest BCUT2D eigenvalue weighted by Crippen LogP contribution is -2.29. The highest BCUT2D eigenvalue weighted by Gasteiger charge is 2.46. The zero-order valence-corrected chi connectivity index (χ0v) is 19.0. The van der Waals surface area contributed by atoms with E-state index in [0.29, 0.717) is 35.8 Å². The van der Waals surface area contributed by atoms with E-state index in [1.807, 2.05) is 30.3 Å². The van der Waals surface area contributed by atoms with Crippen LogP contribution in [0.15, 0.2) is 77.0 Å². The number of hydrogen-bond donors (Lipinski definition) is 1. The standard InChI is InChI=1S/C25H19BrN2O5/c26-18-6-3-16(4-7-18)22-21(23(29)17-5-8-19-20(12-17)33-11-10-32-19)24(30)25(31)28(22)14-15-2-1-9-27-13-15/h1-9,12-13,22,29H,10-11,14H2/t22-/m1/s1. The number of hydrogen-bond acceptors (Lipinski definition) is 6. The van der Waals surface area contributed by atoms with Crippen molar-refractivity contribution >= 4 is 33.4 Å². The van der Waals surface area contributed by atoms with Crippen LogP contribution < -0.4 is 9.47 Å². The average molecular weight is 507 g/mol. The minimum Gasteiger partial charge on any atom is -0.507 e. The SMILES string of the molecule is O=C1C(=O)N(Cc2cccnc2)[C@H](c2ccc(Br)cc2)C1=C(O)c1ccc2c(c1)OCCO2. The van der Waals surface area contributed by atoms with Crippen molar-refractivity contribution in [3.8, 4) is 11.5 Å². The fourth-order valence-electron chi connectivity index (χ4n) is 4.07. The van der Waals surface area contributed by atoms with Gasteiger partial charge in [-0.15, -0.1) is 0 Å². The molecule has 0 unspecified atom stereocenters. The van der Waals surface area contributed by atoms with Crippen LogP contribution in [-0.2, 0) is 16.1 Å². The van der Waals surface area contributed by atoms with Crippen LogP contribution in [0.25, 0.3) is 5.76 Å². The Hall–Kier alpha value is -3.65. The van der Waals surface area contributed by atoms with Gasteiger partial charge in [-0.25, -0.2) is 0 Å². The summed E-state index contributed by atoms with van der Waals surface area (Å²) in [5.41, 5.74) is 1.89. The third kappa shape index (κ3) is 3.98. The molecule has 2 aliphatic rings. The number of carbonyl (C=O) groups excluding carboxylic acids is 2. The molecule has 33 heavy (non-hydrogen) atoms. The molecule has 1 atom stereocenters. The molecule has 1 aromatic heterocycles. The highest BCUT2D eigenvalue weighted by atomic mass is 79.9. The van der Waals surface area contributed by atoms with E-state index in [4.69, 9.17) is 9.47 Å². The topological polar surface area (TPSA) is 89.0 Å². The summed E-state index contributed by atoms with van der Waals surface area (Å²) >= 11 is 3.42. The van der Waals surface area contributed by atoms with E-state index in [1.165, 1.54) is 4.90 Å². The van der Waals surface area contributed by atoms with Gasteiger partial charge in [0, 0.05) is 29.0 Å². The molecule has 0 radical (unpaired) electrons. The van der Waals surface area contributed by atoms with E-state index in [9.17, 15) is 14.7 Å². The maximum atomic E-state index is 13.2. The molecule has 8 heteroatoms. The summed E-state index contributed by atoms with van der Waals surface area (Å²) < 4.78 is 12.0. The molecule has 1 fully saturated rings. The smallest absolute Gasteiger partial charge is 0.295 e. The summed E-state index contributed by atoms with van der Waals surface area (Å²) in [5.74, 6) is -0.619. The molecule has 0 bridgehead atoms. The second kappa shape index (κ2) is 8.71. The van der Waals surface area contributed by atoms with Gasteiger partial charge in [0.25, 0.3) is 11.7 Å². The fourth-order valence-corrected chi connectivity index (χ4v) is 4.33. The molecule has 5 rings (SSSR count). The highest BCUT2D eigenvalue weighted by molar-refractivity contribution is 9.10. The normalized spacial score (nSPS) is 19.1. The Morgan fingerprint density at radius 1 is 1.06 bits per heavy atom. The number of aliphatic hydroxyl groups is 1. The van der Waals surface area contributed by atoms with Gasteiger partial charge in [0.2, 0.25) is 0 Å². The lowest BCUT2D eigenvalue weighted by molar-refractivity contribution is -0.140. The van der Waals surface area contributed by atoms with Gasteiger partial charge in [-0.1, -0.05) is 34.1 Å². The summed E-state index contributed by atoms with van der Waals surface area (Å²) in [6.45, 7) is 1.02. The van der Waals surface area contributed by atoms with Crippen molar-refractivity contribution in [1.29, 1.82) is 0 Å². The molecular formula is C25H19BrN2O5. The molecule has 0 aliphatic carbocycles. The first kappa shape index (κ1) is 21.2. The van der Waals surface area contributed by atoms with Crippen LogP contribution in [0.2, 0.25) is 0 Å². The molecule has 1 saturated heterocycles. The summed E-state index contributed by atoms with van der Waals surface area (Å²) in [7, 11) is 0. The number of ketones is 1. The van der Waals surface area contributed by atoms with Gasteiger partial charge in [0.15, 0.2) is 11.5 Å². The summed E-state index contributed by atoms with van der Waals surface area (Å²) in [6.07, 6.45) is 3.30. The highest BCUT2D eigenvalue weighted by Crippen LogP contribution is 2.42. The van der Waals surface area contributed by atoms with E-state index >= 15 is 0 Å². The van der Waals surface area contributed by atoms with Crippen molar-refractivity contribution in [2.75, 3.05) is 13.2 Å². The average Bonchev–Trinajstić information content (AvgIpc) is 3.09. The summed E-state index contributed by atoms with van der Waals surface area (Å²) in [5, 5.41) is 11.2. The van der Waals surface area contributed by atoms with Crippen LogP contribution in [0.4, 0.5) is 0 Å². The van der Waals surface area contributed by atoms with E-state index in [1.54, 1.807) is 36.7 Å². The zero-order valence-electron chi connectivity index (χ0n) is 17.4. The fraction of sp³-hybridized carbons (Fsp3) is 0.160. The van der Waals surface area contributed by atoms with Crippen LogP contribution in [0.5, 0.6) is 11.5 Å². The van der Waals surface area contributed by atoms with Gasteiger partial charge in [-0.2, -0.15) is 0 Å². The third-order valence-corrected chi connectivity index (χ3v) is 6.15. The lowest BCUT2D eigenvalue weighted by Gasteiger charge is -2.25. The van der Waals surface area contributed by atoms with Gasteiger partial charge in [-0.05, 0) is 47.5 Å². The number of amides is 1. The van der Waals surface area contributed by atoms with Crippen molar-refractivity contribution in [3.63, 3.8) is 0 Å². The Balaban J connectivity index is 1.63. The van der Waals surface area contributed by atoms with Crippen LogP contribution in [0, 0.1) is 0 Å². The number of rotatable bonds is 4. The van der Waals surface area contributed by atoms with Gasteiger partial charge in [-0.3, -0.25) is 14.6 Å². The maximum Gasteiger partial charge on any atom is 0.295 e. The van der Waals surface area contributed by atoms with Gasteiger partial charge in [0.05, 0.1) is 11.6 Å². The number of nitrogens with zero attached hydrogens (tertiary/aromatic N) is 2. The predicted octanol–water partition coefficient (Wildman–Crippen LogP) is 4.24. The van der Waals surface area contributed by atoms with Crippen molar-refractivity contribution in [2.45, 2.75) is 12.6 Å². The van der Waals surface area contributed by atoms with Crippen LogP contribution in [0.3, 0.4) is 0 Å². The first-order valence-electron chi connectivity index (χ1n) is 10.4. The molecule has 7 nitrogen and oxygen atoms in total. The number of Topliss-reactive ketones (excluding diaryl/α,β-unsaturated/α-hetero) is 1. The molecule has 0 saturated carbocycles. The monoisotopic (exact) mass is 506 g/mol. The minimum atomic E-state index is -0.758. The Kier molecular flexibility index (Phi) is 5.60. The number of fused-ring (bicyclic) bond motifs is 1. The van der Waals surface area contributed by atoms with Crippen molar-refractivity contribution < 1.29 is 24.2 Å². The quantitative estimate of drug-likeness (QED) is 0.323. The number of aliphatic hydroxyl groups excluding tert-OH is 1. The molecule has 1 amide bonds. The van der Waals surface area contributed by atoms with E-state index in [-0.39, 0.29) is 17.9 Å². The number of ether oxygens (including phenoxy) is 2. The second-order valence-electron chi connectivity index (χ2n) is 7.70. The van der Waals surface area contributed by atoms with Gasteiger partial charge in [0.1, 0.15) is 19.0 Å².